The van der Waals surface area contributed by atoms with E-state index in [-0.39, 0.29) is 5.97 Å². The third kappa shape index (κ3) is 3.19. The Morgan fingerprint density at radius 3 is 2.62 bits per heavy atom. The lowest BCUT2D eigenvalue weighted by Crippen LogP contribution is -2.11. The van der Waals surface area contributed by atoms with Gasteiger partial charge in [0.15, 0.2) is 0 Å². The molecule has 2 N–H and O–H groups in total. The van der Waals surface area contributed by atoms with Crippen LogP contribution in [0.1, 0.15) is 39.2 Å². The van der Waals surface area contributed by atoms with Crippen molar-refractivity contribution in [2.75, 3.05) is 26.9 Å². The zero-order valence-electron chi connectivity index (χ0n) is 14.5. The number of rotatable bonds is 4. The maximum Gasteiger partial charge on any atom is 0.341 e. The van der Waals surface area contributed by atoms with Gasteiger partial charge >= 0.3 is 5.97 Å². The quantitative estimate of drug-likeness (QED) is 0.859. The number of anilines is 1. The Morgan fingerprint density at radius 1 is 1.25 bits per heavy atom. The molecule has 1 aliphatic rings. The highest BCUT2D eigenvalue weighted by molar-refractivity contribution is 7.17. The zero-order chi connectivity index (χ0) is 17.3. The van der Waals surface area contributed by atoms with Gasteiger partial charge in [-0.05, 0) is 56.5 Å². The fourth-order valence-corrected chi connectivity index (χ4v) is 4.59. The predicted octanol–water partition coefficient (Wildman–Crippen LogP) is 3.72. The molecule has 3 rings (SSSR count). The van der Waals surface area contributed by atoms with E-state index in [1.807, 2.05) is 14.1 Å². The molecule has 4 nitrogen and oxygen atoms in total. The summed E-state index contributed by atoms with van der Waals surface area (Å²) in [7, 11) is 5.44. The maximum atomic E-state index is 12.3. The Hall–Kier alpha value is -1.85. The number of thiophene rings is 1. The van der Waals surface area contributed by atoms with E-state index < -0.39 is 0 Å². The second kappa shape index (κ2) is 6.95. The van der Waals surface area contributed by atoms with Crippen LogP contribution < -0.4 is 5.73 Å². The van der Waals surface area contributed by atoms with E-state index in [0.29, 0.717) is 10.6 Å². The second-order valence-corrected chi connectivity index (χ2v) is 7.70. The number of fused-ring (bicyclic) bond motifs is 1. The molecule has 0 amide bonds. The van der Waals surface area contributed by atoms with Crippen molar-refractivity contribution in [1.29, 1.82) is 0 Å². The molecule has 0 atom stereocenters. The van der Waals surface area contributed by atoms with Gasteiger partial charge in [0.1, 0.15) is 10.6 Å². The number of esters is 1. The normalized spacial score (nSPS) is 13.8. The minimum absolute atomic E-state index is 0.360. The average molecular weight is 344 g/mol. The molecule has 0 radical (unpaired) electrons. The monoisotopic (exact) mass is 344 g/mol. The Balaban J connectivity index is 2.15. The van der Waals surface area contributed by atoms with Gasteiger partial charge < -0.3 is 15.4 Å². The van der Waals surface area contributed by atoms with Crippen molar-refractivity contribution in [3.63, 3.8) is 0 Å². The number of ether oxygens (including phenoxy) is 1. The summed E-state index contributed by atoms with van der Waals surface area (Å²) in [6.07, 6.45) is 4.75. The molecule has 0 bridgehead atoms. The summed E-state index contributed by atoms with van der Waals surface area (Å²) >= 11 is 1.48. The van der Waals surface area contributed by atoms with E-state index in [2.05, 4.69) is 23.1 Å². The van der Waals surface area contributed by atoms with Crippen LogP contribution >= 0.6 is 11.3 Å². The first-order chi connectivity index (χ1) is 11.5. The summed E-state index contributed by atoms with van der Waals surface area (Å²) in [5.41, 5.74) is 11.5. The molecular weight excluding hydrogens is 320 g/mol. The lowest BCUT2D eigenvalue weighted by atomic mass is 9.88. The van der Waals surface area contributed by atoms with Gasteiger partial charge in [-0.2, -0.15) is 0 Å². The van der Waals surface area contributed by atoms with Crippen molar-refractivity contribution in [2.45, 2.75) is 32.2 Å². The molecular formula is C19H24N2O2S. The number of carbonyl (C=O) groups excluding carboxylic acids is 1. The summed E-state index contributed by atoms with van der Waals surface area (Å²) in [4.78, 5) is 15.5. The van der Waals surface area contributed by atoms with E-state index in [0.717, 1.165) is 35.4 Å². The van der Waals surface area contributed by atoms with Crippen LogP contribution in [-0.4, -0.2) is 32.1 Å². The summed E-state index contributed by atoms with van der Waals surface area (Å²) < 4.78 is 4.98. The van der Waals surface area contributed by atoms with Crippen molar-refractivity contribution < 1.29 is 9.53 Å². The third-order valence-electron chi connectivity index (χ3n) is 4.49. The van der Waals surface area contributed by atoms with Crippen molar-refractivity contribution in [1.82, 2.24) is 4.90 Å². The highest BCUT2D eigenvalue weighted by Gasteiger charge is 2.25. The van der Waals surface area contributed by atoms with Crippen LogP contribution in [0.2, 0.25) is 0 Å². The second-order valence-electron chi connectivity index (χ2n) is 6.56. The Bertz CT molecular complexity index is 765. The van der Waals surface area contributed by atoms with Gasteiger partial charge in [-0.1, -0.05) is 18.2 Å². The average Bonchev–Trinajstić information content (AvgIpc) is 2.88. The van der Waals surface area contributed by atoms with E-state index in [1.165, 1.54) is 42.4 Å². The van der Waals surface area contributed by atoms with Crippen molar-refractivity contribution in [3.8, 4) is 11.1 Å². The van der Waals surface area contributed by atoms with Crippen LogP contribution in [-0.2, 0) is 24.1 Å². The number of carbonyl (C=O) groups is 1. The van der Waals surface area contributed by atoms with Gasteiger partial charge in [0, 0.05) is 17.0 Å². The van der Waals surface area contributed by atoms with Crippen molar-refractivity contribution >= 4 is 22.3 Å². The fraction of sp³-hybridized carbons (Fsp3) is 0.421. The Kier molecular flexibility index (Phi) is 4.92. The highest BCUT2D eigenvalue weighted by atomic mass is 32.1. The van der Waals surface area contributed by atoms with Gasteiger partial charge in [-0.15, -0.1) is 11.3 Å². The molecule has 0 fully saturated rings. The van der Waals surface area contributed by atoms with Gasteiger partial charge in [0.25, 0.3) is 0 Å². The molecule has 1 aliphatic carbocycles. The van der Waals surface area contributed by atoms with Crippen LogP contribution in [0, 0.1) is 0 Å². The molecule has 0 saturated heterocycles. The number of nitrogens with two attached hydrogens (primary N) is 1. The number of hydrogen-bond acceptors (Lipinski definition) is 5. The lowest BCUT2D eigenvalue weighted by molar-refractivity contribution is 0.0603. The largest absolute Gasteiger partial charge is 0.465 e. The summed E-state index contributed by atoms with van der Waals surface area (Å²) in [6, 6.07) is 6.57. The minimum atomic E-state index is -0.360. The van der Waals surface area contributed by atoms with Crippen LogP contribution in [0.4, 0.5) is 5.00 Å². The molecule has 0 unspecified atom stereocenters. The highest BCUT2D eigenvalue weighted by Crippen LogP contribution is 2.40. The summed E-state index contributed by atoms with van der Waals surface area (Å²) in [5.74, 6) is -0.360. The van der Waals surface area contributed by atoms with E-state index in [9.17, 15) is 4.79 Å². The lowest BCUT2D eigenvalue weighted by Gasteiger charge is -2.18. The molecule has 1 aromatic carbocycles. The SMILES string of the molecule is COC(=O)c1c(N)sc(CN(C)C)c1-c1ccc2c(c1)CCCC2. The Morgan fingerprint density at radius 2 is 1.96 bits per heavy atom. The number of nitrogens with zero attached hydrogens (tertiary/aromatic N) is 1. The molecule has 24 heavy (non-hydrogen) atoms. The van der Waals surface area contributed by atoms with Crippen LogP contribution in [0.3, 0.4) is 0 Å². The molecule has 0 saturated carbocycles. The number of benzene rings is 1. The van der Waals surface area contributed by atoms with Gasteiger partial charge in [-0.3, -0.25) is 0 Å². The Labute approximate surface area is 147 Å². The van der Waals surface area contributed by atoms with E-state index in [4.69, 9.17) is 10.5 Å². The first-order valence-corrected chi connectivity index (χ1v) is 9.09. The van der Waals surface area contributed by atoms with Crippen LogP contribution in [0.25, 0.3) is 11.1 Å². The van der Waals surface area contributed by atoms with Crippen LogP contribution in [0.15, 0.2) is 18.2 Å². The molecule has 2 aromatic rings. The predicted molar refractivity (Wildman–Crippen MR) is 99.5 cm³/mol. The van der Waals surface area contributed by atoms with E-state index in [1.54, 1.807) is 0 Å². The van der Waals surface area contributed by atoms with Crippen molar-refractivity contribution in [3.05, 3.63) is 39.8 Å². The first kappa shape index (κ1) is 17.0. The number of aryl methyl sites for hydroxylation is 2. The van der Waals surface area contributed by atoms with Gasteiger partial charge in [0.05, 0.1) is 7.11 Å². The molecule has 0 aliphatic heterocycles. The van der Waals surface area contributed by atoms with Gasteiger partial charge in [0.2, 0.25) is 0 Å². The summed E-state index contributed by atoms with van der Waals surface area (Å²) in [5, 5.41) is 0.534. The minimum Gasteiger partial charge on any atom is -0.465 e. The summed E-state index contributed by atoms with van der Waals surface area (Å²) in [6.45, 7) is 0.748. The molecule has 1 heterocycles. The first-order valence-electron chi connectivity index (χ1n) is 8.27. The van der Waals surface area contributed by atoms with Gasteiger partial charge in [-0.25, -0.2) is 4.79 Å². The topological polar surface area (TPSA) is 55.6 Å². The number of methoxy groups -OCH3 is 1. The smallest absolute Gasteiger partial charge is 0.341 e. The van der Waals surface area contributed by atoms with E-state index >= 15 is 0 Å². The number of hydrogen-bond donors (Lipinski definition) is 1. The molecule has 0 spiro atoms. The number of nitrogen functional groups attached to an aromatic ring is 1. The maximum absolute atomic E-state index is 12.3. The standard InChI is InChI=1S/C19H24N2O2S/c1-21(2)11-15-16(17(18(20)24-15)19(22)23-3)14-9-8-12-6-4-5-7-13(12)10-14/h8-10H,4-7,11,20H2,1-3H3. The third-order valence-corrected chi connectivity index (χ3v) is 5.50. The zero-order valence-corrected chi connectivity index (χ0v) is 15.3. The fourth-order valence-electron chi connectivity index (χ4n) is 3.39. The molecule has 1 aromatic heterocycles. The molecule has 128 valence electrons. The molecule has 5 heteroatoms. The van der Waals surface area contributed by atoms with Crippen molar-refractivity contribution in [2.24, 2.45) is 0 Å². The van der Waals surface area contributed by atoms with Crippen LogP contribution in [0.5, 0.6) is 0 Å².